The summed E-state index contributed by atoms with van der Waals surface area (Å²) in [6.45, 7) is 6.09. The zero-order valence-corrected chi connectivity index (χ0v) is 19.9. The van der Waals surface area contributed by atoms with E-state index in [2.05, 4.69) is 20.5 Å². The summed E-state index contributed by atoms with van der Waals surface area (Å²) in [5.74, 6) is 0.715. The fourth-order valence-corrected chi connectivity index (χ4v) is 4.82. The molecule has 2 fully saturated rings. The molecular formula is C19H31IN4O3S. The van der Waals surface area contributed by atoms with Gasteiger partial charge in [0, 0.05) is 39.0 Å². The number of hydrogen-bond acceptors (Lipinski definition) is 5. The molecule has 158 valence electrons. The van der Waals surface area contributed by atoms with Crippen LogP contribution in [0.15, 0.2) is 28.1 Å². The van der Waals surface area contributed by atoms with Crippen LogP contribution >= 0.6 is 24.0 Å². The highest BCUT2D eigenvalue weighted by Gasteiger charge is 2.32. The van der Waals surface area contributed by atoms with Crippen LogP contribution in [0.25, 0.3) is 0 Å². The Bertz CT molecular complexity index is 800. The minimum atomic E-state index is -3.19. The van der Waals surface area contributed by atoms with Gasteiger partial charge < -0.3 is 15.4 Å². The van der Waals surface area contributed by atoms with Gasteiger partial charge >= 0.3 is 0 Å². The Morgan fingerprint density at radius 1 is 1.36 bits per heavy atom. The summed E-state index contributed by atoms with van der Waals surface area (Å²) in [4.78, 5) is 7.17. The van der Waals surface area contributed by atoms with E-state index in [0.717, 1.165) is 30.8 Å². The van der Waals surface area contributed by atoms with E-state index >= 15 is 0 Å². The number of hydrogen-bond donors (Lipinski definition) is 2. The van der Waals surface area contributed by atoms with E-state index in [1.54, 1.807) is 13.1 Å². The number of ether oxygens (including phenoxy) is 1. The summed E-state index contributed by atoms with van der Waals surface area (Å²) in [7, 11) is -1.45. The van der Waals surface area contributed by atoms with Crippen molar-refractivity contribution in [1.29, 1.82) is 0 Å². The third-order valence-electron chi connectivity index (χ3n) is 5.28. The van der Waals surface area contributed by atoms with Gasteiger partial charge in [0.25, 0.3) is 0 Å². The Kier molecular flexibility index (Phi) is 8.53. The molecular weight excluding hydrogens is 491 g/mol. The number of nitrogens with zero attached hydrogens (tertiary/aromatic N) is 2. The van der Waals surface area contributed by atoms with E-state index in [9.17, 15) is 8.42 Å². The lowest BCUT2D eigenvalue weighted by atomic mass is 10.1. The molecule has 2 aliphatic rings. The van der Waals surface area contributed by atoms with Gasteiger partial charge in [0.05, 0.1) is 17.6 Å². The van der Waals surface area contributed by atoms with Crippen molar-refractivity contribution in [2.45, 2.75) is 43.4 Å². The van der Waals surface area contributed by atoms with Crippen molar-refractivity contribution < 1.29 is 13.2 Å². The molecule has 0 bridgehead atoms. The molecule has 0 radical (unpaired) electrons. The van der Waals surface area contributed by atoms with Crippen LogP contribution in [-0.4, -0.2) is 71.0 Å². The average Bonchev–Trinajstić information content (AvgIpc) is 3.08. The highest BCUT2D eigenvalue weighted by Crippen LogP contribution is 2.22. The topological polar surface area (TPSA) is 83.0 Å². The monoisotopic (exact) mass is 522 g/mol. The minimum Gasteiger partial charge on any atom is -0.373 e. The summed E-state index contributed by atoms with van der Waals surface area (Å²) >= 11 is 0. The fourth-order valence-electron chi connectivity index (χ4n) is 3.86. The molecule has 2 N–H and O–H groups in total. The van der Waals surface area contributed by atoms with Crippen LogP contribution in [0, 0.1) is 6.92 Å². The molecule has 0 amide bonds. The highest BCUT2D eigenvalue weighted by molar-refractivity contribution is 14.0. The predicted octanol–water partition coefficient (Wildman–Crippen LogP) is 1.54. The zero-order chi connectivity index (χ0) is 19.4. The second-order valence-electron chi connectivity index (χ2n) is 7.43. The molecule has 2 unspecified atom stereocenters. The quantitative estimate of drug-likeness (QED) is 0.347. The maximum atomic E-state index is 11.7. The van der Waals surface area contributed by atoms with E-state index in [1.165, 1.54) is 25.6 Å². The molecule has 9 heteroatoms. The lowest BCUT2D eigenvalue weighted by Crippen LogP contribution is -2.51. The summed E-state index contributed by atoms with van der Waals surface area (Å²) in [5, 5.41) is 6.61. The van der Waals surface area contributed by atoms with Crippen molar-refractivity contribution in [3.63, 3.8) is 0 Å². The molecule has 0 aromatic heterocycles. The maximum Gasteiger partial charge on any atom is 0.191 e. The molecule has 1 aromatic rings. The molecule has 0 saturated carbocycles. The first-order chi connectivity index (χ1) is 12.9. The molecule has 1 aromatic carbocycles. The Labute approximate surface area is 185 Å². The van der Waals surface area contributed by atoms with Gasteiger partial charge in [-0.2, -0.15) is 0 Å². The Morgan fingerprint density at radius 3 is 2.82 bits per heavy atom. The molecule has 2 saturated heterocycles. The number of aliphatic imine (C=N–C) groups is 1. The minimum absolute atomic E-state index is 0. The van der Waals surface area contributed by atoms with Crippen molar-refractivity contribution in [2.24, 2.45) is 4.99 Å². The van der Waals surface area contributed by atoms with Crippen LogP contribution in [-0.2, 0) is 21.1 Å². The zero-order valence-electron chi connectivity index (χ0n) is 16.8. The summed E-state index contributed by atoms with van der Waals surface area (Å²) in [5.41, 5.74) is 1.77. The standard InChI is InChI=1S/C19H30N4O3S.HI/c1-14-9-15(6-7-18(14)27(3,24)25)10-21-19(20-2)22-11-17-12-23-8-4-5-16(23)13-26-17;/h6-7,9,16-17H,4-5,8,10-13H2,1-3H3,(H2,20,21,22);1H. The van der Waals surface area contributed by atoms with Crippen LogP contribution in [0.1, 0.15) is 24.0 Å². The first-order valence-corrected chi connectivity index (χ1v) is 11.4. The number of morpholine rings is 1. The normalized spacial score (nSPS) is 23.0. The van der Waals surface area contributed by atoms with Gasteiger partial charge in [-0.15, -0.1) is 24.0 Å². The van der Waals surface area contributed by atoms with Crippen molar-refractivity contribution in [3.8, 4) is 0 Å². The molecule has 0 spiro atoms. The van der Waals surface area contributed by atoms with Gasteiger partial charge in [-0.3, -0.25) is 9.89 Å². The van der Waals surface area contributed by atoms with Crippen molar-refractivity contribution in [2.75, 3.05) is 39.5 Å². The summed E-state index contributed by atoms with van der Waals surface area (Å²) < 4.78 is 29.4. The Morgan fingerprint density at radius 2 is 2.14 bits per heavy atom. The Balaban J connectivity index is 0.00000280. The van der Waals surface area contributed by atoms with E-state index in [4.69, 9.17) is 4.74 Å². The van der Waals surface area contributed by atoms with Gasteiger partial charge in [-0.25, -0.2) is 8.42 Å². The van der Waals surface area contributed by atoms with Crippen molar-refractivity contribution in [1.82, 2.24) is 15.5 Å². The molecule has 2 aliphatic heterocycles. The molecule has 28 heavy (non-hydrogen) atoms. The van der Waals surface area contributed by atoms with Gasteiger partial charge in [0.15, 0.2) is 15.8 Å². The van der Waals surface area contributed by atoms with Gasteiger partial charge in [0.1, 0.15) is 0 Å². The SMILES string of the molecule is CN=C(NCc1ccc(S(C)(=O)=O)c(C)c1)NCC1CN2CCCC2CO1.I. The number of halogens is 1. The first-order valence-electron chi connectivity index (χ1n) is 9.46. The third kappa shape index (κ3) is 6.04. The van der Waals surface area contributed by atoms with Crippen LogP contribution in [0.2, 0.25) is 0 Å². The maximum absolute atomic E-state index is 11.7. The van der Waals surface area contributed by atoms with Crippen LogP contribution in [0.4, 0.5) is 0 Å². The second kappa shape index (κ2) is 10.2. The number of rotatable bonds is 5. The van der Waals surface area contributed by atoms with Crippen molar-refractivity contribution >= 4 is 39.8 Å². The lowest BCUT2D eigenvalue weighted by molar-refractivity contribution is -0.0453. The largest absolute Gasteiger partial charge is 0.373 e. The highest BCUT2D eigenvalue weighted by atomic mass is 127. The lowest BCUT2D eigenvalue weighted by Gasteiger charge is -2.35. The smallest absolute Gasteiger partial charge is 0.191 e. The number of nitrogens with one attached hydrogen (secondary N) is 2. The summed E-state index contributed by atoms with van der Waals surface area (Å²) in [6, 6.07) is 6.01. The molecule has 2 heterocycles. The molecule has 0 aliphatic carbocycles. The van der Waals surface area contributed by atoms with E-state index < -0.39 is 9.84 Å². The Hall–Kier alpha value is -0.910. The number of sulfone groups is 1. The van der Waals surface area contributed by atoms with Crippen LogP contribution in [0.5, 0.6) is 0 Å². The van der Waals surface area contributed by atoms with Crippen LogP contribution in [0.3, 0.4) is 0 Å². The van der Waals surface area contributed by atoms with E-state index in [1.807, 2.05) is 19.1 Å². The third-order valence-corrected chi connectivity index (χ3v) is 6.54. The molecule has 3 rings (SSSR count). The second-order valence-corrected chi connectivity index (χ2v) is 9.41. The number of aryl methyl sites for hydroxylation is 1. The van der Waals surface area contributed by atoms with E-state index in [0.29, 0.717) is 23.4 Å². The predicted molar refractivity (Wildman–Crippen MR) is 122 cm³/mol. The van der Waals surface area contributed by atoms with E-state index in [-0.39, 0.29) is 30.1 Å². The molecule has 2 atom stereocenters. The van der Waals surface area contributed by atoms with Gasteiger partial charge in [-0.05, 0) is 43.5 Å². The molecule has 7 nitrogen and oxygen atoms in total. The first kappa shape index (κ1) is 23.4. The van der Waals surface area contributed by atoms with Crippen LogP contribution < -0.4 is 10.6 Å². The van der Waals surface area contributed by atoms with Gasteiger partial charge in [-0.1, -0.05) is 12.1 Å². The number of fused-ring (bicyclic) bond motifs is 1. The van der Waals surface area contributed by atoms with Gasteiger partial charge in [0.2, 0.25) is 0 Å². The van der Waals surface area contributed by atoms with Crippen molar-refractivity contribution in [3.05, 3.63) is 29.3 Å². The number of guanidine groups is 1. The average molecular weight is 522 g/mol. The summed E-state index contributed by atoms with van der Waals surface area (Å²) in [6.07, 6.45) is 3.93. The number of benzene rings is 1. The fraction of sp³-hybridized carbons (Fsp3) is 0.632.